The number of carbonyl (C=O) groups is 2. The molecule has 1 amide bonds. The zero-order valence-corrected chi connectivity index (χ0v) is 12.2. The van der Waals surface area contributed by atoms with Crippen molar-refractivity contribution in [2.24, 2.45) is 11.3 Å². The molecule has 1 saturated heterocycles. The SMILES string of the molecule is C=CCCCC(=O)[C@@H]1CCN(C(=O)O)C1C(C)(C)C. The molecule has 0 aromatic heterocycles. The fourth-order valence-corrected chi connectivity index (χ4v) is 3.02. The summed E-state index contributed by atoms with van der Waals surface area (Å²) in [5.74, 6) is 0.0476. The van der Waals surface area contributed by atoms with E-state index in [1.54, 1.807) is 0 Å². The normalized spacial score (nSPS) is 23.4. The van der Waals surface area contributed by atoms with Gasteiger partial charge in [0.1, 0.15) is 5.78 Å². The van der Waals surface area contributed by atoms with Crippen LogP contribution in [0.4, 0.5) is 4.79 Å². The van der Waals surface area contributed by atoms with Gasteiger partial charge in [0.15, 0.2) is 0 Å². The highest BCUT2D eigenvalue weighted by atomic mass is 16.4. The summed E-state index contributed by atoms with van der Waals surface area (Å²) in [4.78, 5) is 25.0. The third-order valence-corrected chi connectivity index (χ3v) is 3.78. The maximum Gasteiger partial charge on any atom is 0.407 e. The number of rotatable bonds is 5. The Kier molecular flexibility index (Phi) is 5.15. The molecular formula is C15H25NO3. The first-order chi connectivity index (χ1) is 8.79. The molecule has 1 fully saturated rings. The molecule has 1 heterocycles. The van der Waals surface area contributed by atoms with Gasteiger partial charge in [-0.25, -0.2) is 4.79 Å². The summed E-state index contributed by atoms with van der Waals surface area (Å²) in [6.45, 7) is 10.1. The number of Topliss-reactive ketones (excluding diaryl/α,β-unsaturated/α-hetero) is 1. The Morgan fingerprint density at radius 3 is 2.53 bits per heavy atom. The second-order valence-electron chi connectivity index (χ2n) is 6.33. The van der Waals surface area contributed by atoms with Crippen LogP contribution in [0.15, 0.2) is 12.7 Å². The minimum absolute atomic E-state index is 0.152. The monoisotopic (exact) mass is 267 g/mol. The Morgan fingerprint density at radius 1 is 1.42 bits per heavy atom. The zero-order valence-electron chi connectivity index (χ0n) is 12.2. The molecule has 2 atom stereocenters. The summed E-state index contributed by atoms with van der Waals surface area (Å²) in [5, 5.41) is 9.26. The first-order valence-electron chi connectivity index (χ1n) is 6.92. The number of hydrogen-bond acceptors (Lipinski definition) is 2. The summed E-state index contributed by atoms with van der Waals surface area (Å²) in [6.07, 6.45) is 3.72. The number of carbonyl (C=O) groups excluding carboxylic acids is 1. The molecule has 1 rings (SSSR count). The lowest BCUT2D eigenvalue weighted by molar-refractivity contribution is -0.124. The summed E-state index contributed by atoms with van der Waals surface area (Å²) in [7, 11) is 0. The highest BCUT2D eigenvalue weighted by Crippen LogP contribution is 2.38. The number of hydrogen-bond donors (Lipinski definition) is 1. The lowest BCUT2D eigenvalue weighted by Crippen LogP contribution is -2.47. The number of ketones is 1. The molecule has 0 spiro atoms. The van der Waals surface area contributed by atoms with E-state index in [0.29, 0.717) is 19.4 Å². The molecule has 0 aromatic rings. The van der Waals surface area contributed by atoms with Crippen molar-refractivity contribution in [3.05, 3.63) is 12.7 Å². The molecule has 4 heteroatoms. The third-order valence-electron chi connectivity index (χ3n) is 3.78. The van der Waals surface area contributed by atoms with Gasteiger partial charge in [0, 0.05) is 24.9 Å². The maximum atomic E-state index is 12.3. The Labute approximate surface area is 115 Å². The van der Waals surface area contributed by atoms with Gasteiger partial charge in [-0.2, -0.15) is 0 Å². The van der Waals surface area contributed by atoms with E-state index < -0.39 is 6.09 Å². The van der Waals surface area contributed by atoms with Crippen LogP contribution in [-0.4, -0.2) is 34.5 Å². The van der Waals surface area contributed by atoms with Gasteiger partial charge in [0.25, 0.3) is 0 Å². The summed E-state index contributed by atoms with van der Waals surface area (Å²) >= 11 is 0. The second-order valence-corrected chi connectivity index (χ2v) is 6.33. The molecule has 1 unspecified atom stereocenters. The number of amides is 1. The molecule has 0 aromatic carbocycles. The summed E-state index contributed by atoms with van der Waals surface area (Å²) in [6, 6.07) is -0.207. The fourth-order valence-electron chi connectivity index (χ4n) is 3.02. The number of allylic oxidation sites excluding steroid dienone is 1. The van der Waals surface area contributed by atoms with Crippen LogP contribution < -0.4 is 0 Å². The summed E-state index contributed by atoms with van der Waals surface area (Å²) in [5.41, 5.74) is -0.215. The Hall–Kier alpha value is -1.32. The van der Waals surface area contributed by atoms with Crippen molar-refractivity contribution in [2.45, 2.75) is 52.5 Å². The van der Waals surface area contributed by atoms with Crippen LogP contribution in [0.25, 0.3) is 0 Å². The average molecular weight is 267 g/mol. The van der Waals surface area contributed by atoms with Crippen LogP contribution >= 0.6 is 0 Å². The van der Waals surface area contributed by atoms with Crippen molar-refractivity contribution in [2.75, 3.05) is 6.54 Å². The largest absolute Gasteiger partial charge is 0.465 e. The fraction of sp³-hybridized carbons (Fsp3) is 0.733. The lowest BCUT2D eigenvalue weighted by atomic mass is 9.77. The van der Waals surface area contributed by atoms with Crippen molar-refractivity contribution in [3.8, 4) is 0 Å². The molecule has 0 radical (unpaired) electrons. The Bertz CT molecular complexity index is 357. The minimum atomic E-state index is -0.915. The Morgan fingerprint density at radius 2 is 2.05 bits per heavy atom. The molecular weight excluding hydrogens is 242 g/mol. The smallest absolute Gasteiger partial charge is 0.407 e. The zero-order chi connectivity index (χ0) is 14.6. The molecule has 0 aliphatic carbocycles. The van der Waals surface area contributed by atoms with E-state index in [4.69, 9.17) is 0 Å². The number of likely N-dealkylation sites (tertiary alicyclic amines) is 1. The van der Waals surface area contributed by atoms with E-state index in [2.05, 4.69) is 6.58 Å². The second kappa shape index (κ2) is 6.22. The predicted molar refractivity (Wildman–Crippen MR) is 75.1 cm³/mol. The highest BCUT2D eigenvalue weighted by molar-refractivity contribution is 5.83. The molecule has 1 aliphatic rings. The van der Waals surface area contributed by atoms with Crippen LogP contribution in [0.1, 0.15) is 46.5 Å². The van der Waals surface area contributed by atoms with Crippen LogP contribution in [0.3, 0.4) is 0 Å². The van der Waals surface area contributed by atoms with Crippen molar-refractivity contribution in [1.82, 2.24) is 4.90 Å². The van der Waals surface area contributed by atoms with Crippen molar-refractivity contribution in [3.63, 3.8) is 0 Å². The molecule has 4 nitrogen and oxygen atoms in total. The molecule has 1 aliphatic heterocycles. The van der Waals surface area contributed by atoms with Gasteiger partial charge in [-0.1, -0.05) is 26.8 Å². The average Bonchev–Trinajstić information content (AvgIpc) is 2.73. The predicted octanol–water partition coefficient (Wildman–Crippen LogP) is 3.33. The van der Waals surface area contributed by atoms with Gasteiger partial charge in [-0.05, 0) is 24.7 Å². The van der Waals surface area contributed by atoms with E-state index >= 15 is 0 Å². The van der Waals surface area contributed by atoms with E-state index in [9.17, 15) is 14.7 Å². The number of nitrogens with zero attached hydrogens (tertiary/aromatic N) is 1. The highest BCUT2D eigenvalue weighted by Gasteiger charge is 2.46. The van der Waals surface area contributed by atoms with Crippen molar-refractivity contribution < 1.29 is 14.7 Å². The van der Waals surface area contributed by atoms with Crippen molar-refractivity contribution in [1.29, 1.82) is 0 Å². The topological polar surface area (TPSA) is 57.6 Å². The molecule has 0 bridgehead atoms. The van der Waals surface area contributed by atoms with Gasteiger partial charge in [-0.3, -0.25) is 4.79 Å². The van der Waals surface area contributed by atoms with Gasteiger partial charge < -0.3 is 10.0 Å². The van der Waals surface area contributed by atoms with Crippen LogP contribution in [0.5, 0.6) is 0 Å². The van der Waals surface area contributed by atoms with E-state index in [1.165, 1.54) is 4.90 Å². The molecule has 108 valence electrons. The van der Waals surface area contributed by atoms with Gasteiger partial charge >= 0.3 is 6.09 Å². The minimum Gasteiger partial charge on any atom is -0.465 e. The van der Waals surface area contributed by atoms with Crippen LogP contribution in [0, 0.1) is 11.3 Å². The quantitative estimate of drug-likeness (QED) is 0.614. The molecule has 0 saturated carbocycles. The standard InChI is InChI=1S/C15H25NO3/c1-5-6-7-8-12(17)11-9-10-16(14(18)19)13(11)15(2,3)4/h5,11,13H,1,6-10H2,2-4H3,(H,18,19)/t11-,13?/m0/s1. The molecule has 1 N–H and O–H groups in total. The number of carboxylic acid groups (broad SMARTS) is 1. The van der Waals surface area contributed by atoms with Crippen LogP contribution in [-0.2, 0) is 4.79 Å². The van der Waals surface area contributed by atoms with Crippen LogP contribution in [0.2, 0.25) is 0 Å². The number of unbranched alkanes of at least 4 members (excludes halogenated alkanes) is 1. The van der Waals surface area contributed by atoms with Gasteiger partial charge in [0.05, 0.1) is 0 Å². The first-order valence-corrected chi connectivity index (χ1v) is 6.92. The lowest BCUT2D eigenvalue weighted by Gasteiger charge is -2.36. The molecule has 19 heavy (non-hydrogen) atoms. The Balaban J connectivity index is 2.79. The van der Waals surface area contributed by atoms with Crippen molar-refractivity contribution >= 4 is 11.9 Å². The van der Waals surface area contributed by atoms with E-state index in [0.717, 1.165) is 12.8 Å². The van der Waals surface area contributed by atoms with E-state index in [1.807, 2.05) is 26.8 Å². The van der Waals surface area contributed by atoms with E-state index in [-0.39, 0.29) is 23.2 Å². The summed E-state index contributed by atoms with van der Waals surface area (Å²) < 4.78 is 0. The third kappa shape index (κ3) is 3.82. The first kappa shape index (κ1) is 15.7. The van der Waals surface area contributed by atoms with Gasteiger partial charge in [-0.15, -0.1) is 6.58 Å². The van der Waals surface area contributed by atoms with Gasteiger partial charge in [0.2, 0.25) is 0 Å². The maximum absolute atomic E-state index is 12.3.